The van der Waals surface area contributed by atoms with E-state index >= 15 is 0 Å². The highest BCUT2D eigenvalue weighted by Crippen LogP contribution is 2.23. The zero-order chi connectivity index (χ0) is 15.4. The van der Waals surface area contributed by atoms with Crippen LogP contribution in [0.4, 0.5) is 0 Å². The number of amides is 1. The minimum atomic E-state index is -0.924. The minimum Gasteiger partial charge on any atom is -0.480 e. The third kappa shape index (κ3) is 4.11. The van der Waals surface area contributed by atoms with E-state index in [-0.39, 0.29) is 12.3 Å². The number of carbonyl (C=O) groups excluding carboxylic acids is 1. The molecule has 1 aliphatic heterocycles. The van der Waals surface area contributed by atoms with Crippen LogP contribution in [0.5, 0.6) is 0 Å². The van der Waals surface area contributed by atoms with Crippen LogP contribution in [0.25, 0.3) is 0 Å². The number of aryl methyl sites for hydroxylation is 1. The van der Waals surface area contributed by atoms with Gasteiger partial charge >= 0.3 is 5.97 Å². The van der Waals surface area contributed by atoms with Crippen molar-refractivity contribution in [1.29, 1.82) is 0 Å². The summed E-state index contributed by atoms with van der Waals surface area (Å²) >= 11 is 11.9. The molecule has 0 spiro atoms. The van der Waals surface area contributed by atoms with E-state index in [0.29, 0.717) is 29.4 Å². The molecule has 2 rings (SSSR count). The first-order valence-corrected chi connectivity index (χ1v) is 7.71. The predicted molar refractivity (Wildman–Crippen MR) is 81.8 cm³/mol. The Morgan fingerprint density at radius 1 is 1.29 bits per heavy atom. The van der Waals surface area contributed by atoms with Gasteiger partial charge in [0.25, 0.3) is 0 Å². The van der Waals surface area contributed by atoms with E-state index in [9.17, 15) is 14.7 Å². The smallest absolute Gasteiger partial charge is 0.326 e. The normalized spacial score (nSPS) is 18.6. The van der Waals surface area contributed by atoms with Gasteiger partial charge in [-0.05, 0) is 43.4 Å². The molecular formula is C15H17Cl2NO3. The molecule has 0 aliphatic carbocycles. The standard InChI is InChI=1S/C15H17Cl2NO3/c16-11-6-4-10(12(17)9-11)5-7-14(19)18-8-2-1-3-13(18)15(20)21/h4,6,9,13H,1-3,5,7-8H2,(H,20,21)/t13-/m0/s1. The summed E-state index contributed by atoms with van der Waals surface area (Å²) in [6.45, 7) is 0.518. The largest absolute Gasteiger partial charge is 0.480 e. The van der Waals surface area contributed by atoms with Gasteiger partial charge in [-0.1, -0.05) is 29.3 Å². The second-order valence-electron chi connectivity index (χ2n) is 5.17. The monoisotopic (exact) mass is 329 g/mol. The maximum absolute atomic E-state index is 12.3. The van der Waals surface area contributed by atoms with Gasteiger partial charge in [-0.15, -0.1) is 0 Å². The van der Waals surface area contributed by atoms with Crippen LogP contribution in [0.1, 0.15) is 31.2 Å². The van der Waals surface area contributed by atoms with Crippen LogP contribution in [0, 0.1) is 0 Å². The Morgan fingerprint density at radius 3 is 2.71 bits per heavy atom. The molecule has 0 saturated carbocycles. The molecule has 1 atom stereocenters. The van der Waals surface area contributed by atoms with Crippen LogP contribution < -0.4 is 0 Å². The summed E-state index contributed by atoms with van der Waals surface area (Å²) in [5.41, 5.74) is 0.846. The SMILES string of the molecule is O=C(O)[C@@H]1CCCCN1C(=O)CCc1ccc(Cl)cc1Cl. The Hall–Kier alpha value is -1.26. The number of hydrogen-bond acceptors (Lipinski definition) is 2. The molecule has 114 valence electrons. The van der Waals surface area contributed by atoms with Crippen molar-refractivity contribution in [1.82, 2.24) is 4.90 Å². The number of piperidine rings is 1. The number of carbonyl (C=O) groups is 2. The Morgan fingerprint density at radius 2 is 2.05 bits per heavy atom. The summed E-state index contributed by atoms with van der Waals surface area (Å²) in [6, 6.07) is 4.48. The lowest BCUT2D eigenvalue weighted by Gasteiger charge is -2.33. The third-order valence-corrected chi connectivity index (χ3v) is 4.32. The fraction of sp³-hybridized carbons (Fsp3) is 0.467. The fourth-order valence-corrected chi connectivity index (χ4v) is 3.10. The van der Waals surface area contributed by atoms with E-state index in [1.54, 1.807) is 18.2 Å². The van der Waals surface area contributed by atoms with Crippen molar-refractivity contribution in [3.8, 4) is 0 Å². The summed E-state index contributed by atoms with van der Waals surface area (Å²) in [6.07, 6.45) is 2.98. The lowest BCUT2D eigenvalue weighted by Crippen LogP contribution is -2.48. The quantitative estimate of drug-likeness (QED) is 0.921. The average Bonchev–Trinajstić information content (AvgIpc) is 2.46. The van der Waals surface area contributed by atoms with Crippen molar-refractivity contribution in [3.63, 3.8) is 0 Å². The Labute approximate surface area is 133 Å². The number of carboxylic acids is 1. The number of carboxylic acid groups (broad SMARTS) is 1. The van der Waals surface area contributed by atoms with Crippen LogP contribution in [0.3, 0.4) is 0 Å². The molecular weight excluding hydrogens is 313 g/mol. The van der Waals surface area contributed by atoms with Gasteiger partial charge in [0.15, 0.2) is 0 Å². The van der Waals surface area contributed by atoms with E-state index in [1.165, 1.54) is 4.90 Å². The van der Waals surface area contributed by atoms with Gasteiger partial charge in [0.1, 0.15) is 6.04 Å². The van der Waals surface area contributed by atoms with Gasteiger partial charge in [0, 0.05) is 23.0 Å². The molecule has 0 radical (unpaired) electrons. The maximum Gasteiger partial charge on any atom is 0.326 e. The lowest BCUT2D eigenvalue weighted by atomic mass is 10.0. The minimum absolute atomic E-state index is 0.131. The zero-order valence-corrected chi connectivity index (χ0v) is 13.0. The zero-order valence-electron chi connectivity index (χ0n) is 11.5. The molecule has 1 aromatic carbocycles. The van der Waals surface area contributed by atoms with E-state index < -0.39 is 12.0 Å². The van der Waals surface area contributed by atoms with Gasteiger partial charge in [0.2, 0.25) is 5.91 Å². The van der Waals surface area contributed by atoms with E-state index in [4.69, 9.17) is 23.2 Å². The van der Waals surface area contributed by atoms with Crippen LogP contribution in [0.15, 0.2) is 18.2 Å². The van der Waals surface area contributed by atoms with Gasteiger partial charge < -0.3 is 10.0 Å². The first kappa shape index (κ1) is 16.1. The summed E-state index contributed by atoms with van der Waals surface area (Å²) in [5, 5.41) is 10.3. The summed E-state index contributed by atoms with van der Waals surface area (Å²) in [5.74, 6) is -1.05. The summed E-state index contributed by atoms with van der Waals surface area (Å²) < 4.78 is 0. The van der Waals surface area contributed by atoms with Crippen molar-refractivity contribution in [2.24, 2.45) is 0 Å². The maximum atomic E-state index is 12.3. The molecule has 1 aliphatic rings. The third-order valence-electron chi connectivity index (χ3n) is 3.73. The van der Waals surface area contributed by atoms with Crippen molar-refractivity contribution >= 4 is 35.1 Å². The molecule has 1 N–H and O–H groups in total. The van der Waals surface area contributed by atoms with Crippen LogP contribution in [-0.4, -0.2) is 34.5 Å². The fourth-order valence-electron chi connectivity index (χ4n) is 2.60. The molecule has 1 aromatic rings. The Bertz CT molecular complexity index is 548. The van der Waals surface area contributed by atoms with Crippen molar-refractivity contribution in [3.05, 3.63) is 33.8 Å². The topological polar surface area (TPSA) is 57.6 Å². The molecule has 1 fully saturated rings. The molecule has 6 heteroatoms. The summed E-state index contributed by atoms with van der Waals surface area (Å²) in [7, 11) is 0. The summed E-state index contributed by atoms with van der Waals surface area (Å²) in [4.78, 5) is 24.9. The number of hydrogen-bond donors (Lipinski definition) is 1. The van der Waals surface area contributed by atoms with Crippen LogP contribution in [0.2, 0.25) is 10.0 Å². The first-order chi connectivity index (χ1) is 9.99. The van der Waals surface area contributed by atoms with E-state index in [1.807, 2.05) is 0 Å². The van der Waals surface area contributed by atoms with Crippen LogP contribution in [-0.2, 0) is 16.0 Å². The molecule has 4 nitrogen and oxygen atoms in total. The van der Waals surface area contributed by atoms with Crippen molar-refractivity contribution < 1.29 is 14.7 Å². The van der Waals surface area contributed by atoms with E-state index in [2.05, 4.69) is 0 Å². The molecule has 1 heterocycles. The number of aliphatic carboxylic acids is 1. The van der Waals surface area contributed by atoms with Gasteiger partial charge in [-0.3, -0.25) is 4.79 Å². The molecule has 1 saturated heterocycles. The molecule has 0 aromatic heterocycles. The first-order valence-electron chi connectivity index (χ1n) is 6.95. The highest BCUT2D eigenvalue weighted by Gasteiger charge is 2.31. The molecule has 21 heavy (non-hydrogen) atoms. The van der Waals surface area contributed by atoms with Crippen LogP contribution >= 0.6 is 23.2 Å². The molecule has 1 amide bonds. The highest BCUT2D eigenvalue weighted by molar-refractivity contribution is 6.35. The van der Waals surface area contributed by atoms with Gasteiger partial charge in [-0.2, -0.15) is 0 Å². The van der Waals surface area contributed by atoms with Crippen molar-refractivity contribution in [2.45, 2.75) is 38.1 Å². The van der Waals surface area contributed by atoms with E-state index in [0.717, 1.165) is 18.4 Å². The number of benzene rings is 1. The number of nitrogens with zero attached hydrogens (tertiary/aromatic N) is 1. The predicted octanol–water partition coefficient (Wildman–Crippen LogP) is 3.39. The molecule has 0 unspecified atom stereocenters. The second kappa shape index (κ2) is 7.14. The number of likely N-dealkylation sites (tertiary alicyclic amines) is 1. The van der Waals surface area contributed by atoms with Gasteiger partial charge in [0.05, 0.1) is 0 Å². The Kier molecular flexibility index (Phi) is 5.48. The Balaban J connectivity index is 1.98. The number of rotatable bonds is 4. The van der Waals surface area contributed by atoms with Gasteiger partial charge in [-0.25, -0.2) is 4.79 Å². The highest BCUT2D eigenvalue weighted by atomic mass is 35.5. The molecule has 0 bridgehead atoms. The van der Waals surface area contributed by atoms with Crippen molar-refractivity contribution in [2.75, 3.05) is 6.54 Å². The lowest BCUT2D eigenvalue weighted by molar-refractivity contribution is -0.152. The number of halogens is 2. The second-order valence-corrected chi connectivity index (χ2v) is 6.02. The average molecular weight is 330 g/mol.